The topological polar surface area (TPSA) is 75.6 Å². The number of benzene rings is 2. The van der Waals surface area contributed by atoms with Crippen molar-refractivity contribution < 1.29 is 19.5 Å². The van der Waals surface area contributed by atoms with Crippen molar-refractivity contribution in [3.05, 3.63) is 65.7 Å². The zero-order chi connectivity index (χ0) is 20.9. The Morgan fingerprint density at radius 1 is 0.897 bits per heavy atom. The molecule has 0 aliphatic carbocycles. The molecule has 0 unspecified atom stereocenters. The van der Waals surface area contributed by atoms with Crippen LogP contribution in [0.25, 0.3) is 0 Å². The zero-order valence-corrected chi connectivity index (χ0v) is 17.1. The first-order valence-corrected chi connectivity index (χ1v) is 10.3. The summed E-state index contributed by atoms with van der Waals surface area (Å²) in [6.07, 6.45) is 5.04. The average Bonchev–Trinajstić information content (AvgIpc) is 2.71. The minimum Gasteiger partial charge on any atom is -0.447 e. The van der Waals surface area contributed by atoms with Crippen molar-refractivity contribution in [3.63, 3.8) is 0 Å². The van der Waals surface area contributed by atoms with Gasteiger partial charge in [0.2, 0.25) is 5.91 Å². The highest BCUT2D eigenvalue weighted by atomic mass is 16.6. The summed E-state index contributed by atoms with van der Waals surface area (Å²) in [6.45, 7) is 1.51. The number of carbonyl (C=O) groups is 2. The molecule has 0 radical (unpaired) electrons. The quantitative estimate of drug-likeness (QED) is 0.310. The lowest BCUT2D eigenvalue weighted by Gasteiger charge is -2.07. The van der Waals surface area contributed by atoms with E-state index in [9.17, 15) is 14.6 Å². The first-order chi connectivity index (χ1) is 14.0. The van der Waals surface area contributed by atoms with Gasteiger partial charge in [0.05, 0.1) is 6.61 Å². The van der Waals surface area contributed by atoms with E-state index in [2.05, 4.69) is 5.48 Å². The van der Waals surface area contributed by atoms with Gasteiger partial charge < -0.3 is 5.02 Å². The van der Waals surface area contributed by atoms with E-state index < -0.39 is 6.92 Å². The van der Waals surface area contributed by atoms with Crippen LogP contribution in [0.2, 0.25) is 6.82 Å². The number of amides is 1. The maximum atomic E-state index is 11.9. The molecule has 2 aromatic rings. The molecule has 0 spiro atoms. The number of hydrogen-bond donors (Lipinski definition) is 2. The summed E-state index contributed by atoms with van der Waals surface area (Å²) >= 11 is 0. The Morgan fingerprint density at radius 3 is 2.21 bits per heavy atom. The van der Waals surface area contributed by atoms with E-state index in [0.29, 0.717) is 19.3 Å². The molecular weight excluding hydrogens is 365 g/mol. The second kappa shape index (κ2) is 12.9. The van der Waals surface area contributed by atoms with Crippen molar-refractivity contribution in [2.24, 2.45) is 0 Å². The summed E-state index contributed by atoms with van der Waals surface area (Å²) in [5.74, 6) is 0.134. The van der Waals surface area contributed by atoms with Gasteiger partial charge >= 0.3 is 6.92 Å². The summed E-state index contributed by atoms with van der Waals surface area (Å²) in [6, 6.07) is 17.2. The Hall–Kier alpha value is -2.44. The van der Waals surface area contributed by atoms with Gasteiger partial charge in [-0.2, -0.15) is 0 Å². The van der Waals surface area contributed by atoms with Crippen LogP contribution in [0, 0.1) is 0 Å². The van der Waals surface area contributed by atoms with Crippen LogP contribution in [0.3, 0.4) is 0 Å². The molecule has 0 aromatic heterocycles. The predicted molar refractivity (Wildman–Crippen MR) is 116 cm³/mol. The molecule has 0 saturated heterocycles. The number of nitrogens with one attached hydrogen (secondary N) is 1. The van der Waals surface area contributed by atoms with Gasteiger partial charge in [-0.3, -0.25) is 14.4 Å². The maximum absolute atomic E-state index is 11.9. The largest absolute Gasteiger partial charge is 0.447 e. The van der Waals surface area contributed by atoms with Crippen molar-refractivity contribution in [1.29, 1.82) is 0 Å². The summed E-state index contributed by atoms with van der Waals surface area (Å²) in [7, 11) is 0. The van der Waals surface area contributed by atoms with Crippen LogP contribution in [0.1, 0.15) is 49.7 Å². The number of hydroxylamine groups is 1. The third kappa shape index (κ3) is 9.55. The lowest BCUT2D eigenvalue weighted by atomic mass is 9.64. The van der Waals surface area contributed by atoms with Gasteiger partial charge in [-0.05, 0) is 29.4 Å². The SMILES string of the molecule is CB(O)c1ccc(CONC(=O)CCCCCCC(=O)Cc2ccccc2)cc1. The van der Waals surface area contributed by atoms with Gasteiger partial charge in [-0.25, -0.2) is 5.48 Å². The van der Waals surface area contributed by atoms with Gasteiger partial charge in [0.1, 0.15) is 5.78 Å². The molecule has 0 aliphatic heterocycles. The van der Waals surface area contributed by atoms with Gasteiger partial charge in [0, 0.05) is 19.3 Å². The van der Waals surface area contributed by atoms with Crippen LogP contribution in [-0.4, -0.2) is 23.6 Å². The second-order valence-electron chi connectivity index (χ2n) is 7.35. The maximum Gasteiger partial charge on any atom is 0.320 e. The van der Waals surface area contributed by atoms with Crippen LogP contribution in [0.4, 0.5) is 0 Å². The smallest absolute Gasteiger partial charge is 0.320 e. The highest BCUT2D eigenvalue weighted by Gasteiger charge is 2.07. The monoisotopic (exact) mass is 395 g/mol. The van der Waals surface area contributed by atoms with Gasteiger partial charge in [-0.15, -0.1) is 0 Å². The van der Waals surface area contributed by atoms with E-state index >= 15 is 0 Å². The Kier molecular flexibility index (Phi) is 10.2. The molecule has 5 nitrogen and oxygen atoms in total. The summed E-state index contributed by atoms with van der Waals surface area (Å²) in [5, 5.41) is 9.48. The van der Waals surface area contributed by atoms with Gasteiger partial charge in [0.15, 0.2) is 0 Å². The first-order valence-electron chi connectivity index (χ1n) is 10.3. The second-order valence-corrected chi connectivity index (χ2v) is 7.35. The van der Waals surface area contributed by atoms with Crippen LogP contribution < -0.4 is 10.9 Å². The van der Waals surface area contributed by atoms with Crippen LogP contribution in [0.5, 0.6) is 0 Å². The van der Waals surface area contributed by atoms with E-state index in [1.807, 2.05) is 54.6 Å². The average molecular weight is 395 g/mol. The summed E-state index contributed by atoms with van der Waals surface area (Å²) in [4.78, 5) is 29.0. The van der Waals surface area contributed by atoms with Crippen molar-refractivity contribution >= 4 is 24.1 Å². The van der Waals surface area contributed by atoms with E-state index in [0.717, 1.165) is 42.3 Å². The molecule has 0 bridgehead atoms. The fourth-order valence-electron chi connectivity index (χ4n) is 3.02. The molecule has 2 N–H and O–H groups in total. The highest BCUT2D eigenvalue weighted by molar-refractivity contribution is 6.64. The van der Waals surface area contributed by atoms with Crippen molar-refractivity contribution in [1.82, 2.24) is 5.48 Å². The van der Waals surface area contributed by atoms with Crippen molar-refractivity contribution in [2.75, 3.05) is 0 Å². The molecule has 0 saturated carbocycles. The normalized spacial score (nSPS) is 10.6. The van der Waals surface area contributed by atoms with E-state index in [1.54, 1.807) is 6.82 Å². The number of Topliss-reactive ketones (excluding diaryl/α,β-unsaturated/α-hetero) is 1. The third-order valence-electron chi connectivity index (χ3n) is 4.74. The van der Waals surface area contributed by atoms with E-state index in [4.69, 9.17) is 4.84 Å². The number of rotatable bonds is 13. The van der Waals surface area contributed by atoms with Gasteiger partial charge in [0.25, 0.3) is 0 Å². The summed E-state index contributed by atoms with van der Waals surface area (Å²) < 4.78 is 0. The van der Waals surface area contributed by atoms with Crippen LogP contribution in [0.15, 0.2) is 54.6 Å². The standard InChI is InChI=1S/C23H30BNO4/c1-24(28)21-15-13-20(14-16-21)18-29-25-23(27)12-8-3-2-7-11-22(26)17-19-9-5-4-6-10-19/h4-6,9-10,13-16,28H,2-3,7-8,11-12,17-18H2,1H3,(H,25,27). The van der Waals surface area contributed by atoms with Crippen molar-refractivity contribution in [2.45, 2.75) is 58.4 Å². The number of unbranched alkanes of at least 4 members (excludes halogenated alkanes) is 3. The lowest BCUT2D eigenvalue weighted by Crippen LogP contribution is -2.26. The minimum absolute atomic E-state index is 0.134. The molecule has 154 valence electrons. The fourth-order valence-corrected chi connectivity index (χ4v) is 3.02. The van der Waals surface area contributed by atoms with E-state index in [-0.39, 0.29) is 18.3 Å². The summed E-state index contributed by atoms with van der Waals surface area (Å²) in [5.41, 5.74) is 5.30. The fraction of sp³-hybridized carbons (Fsp3) is 0.391. The number of carbonyl (C=O) groups excluding carboxylic acids is 2. The minimum atomic E-state index is -0.494. The molecule has 0 heterocycles. The molecule has 0 aliphatic rings. The predicted octanol–water partition coefficient (Wildman–Crippen LogP) is 3.21. The van der Waals surface area contributed by atoms with Crippen LogP contribution >= 0.6 is 0 Å². The molecule has 29 heavy (non-hydrogen) atoms. The molecule has 0 atom stereocenters. The van der Waals surface area contributed by atoms with Gasteiger partial charge in [-0.1, -0.05) is 74.3 Å². The van der Waals surface area contributed by atoms with E-state index in [1.165, 1.54) is 0 Å². The molecule has 0 fully saturated rings. The molecule has 2 rings (SSSR count). The zero-order valence-electron chi connectivity index (χ0n) is 17.1. The number of ketones is 1. The molecule has 1 amide bonds. The lowest BCUT2D eigenvalue weighted by molar-refractivity contribution is -0.134. The Balaban J connectivity index is 1.47. The van der Waals surface area contributed by atoms with Crippen LogP contribution in [-0.2, 0) is 27.5 Å². The molecule has 6 heteroatoms. The highest BCUT2D eigenvalue weighted by Crippen LogP contribution is 2.09. The Labute approximate surface area is 173 Å². The van der Waals surface area contributed by atoms with Crippen molar-refractivity contribution in [3.8, 4) is 0 Å². The Morgan fingerprint density at radius 2 is 1.55 bits per heavy atom. The Bertz CT molecular complexity index is 747. The molecule has 2 aromatic carbocycles. The number of hydrogen-bond acceptors (Lipinski definition) is 4. The third-order valence-corrected chi connectivity index (χ3v) is 4.74. The first kappa shape index (κ1) is 22.8. The molecular formula is C23H30BNO4.